The van der Waals surface area contributed by atoms with Crippen LogP contribution in [0, 0.1) is 12.3 Å². The Morgan fingerprint density at radius 3 is 2.72 bits per heavy atom. The Balaban J connectivity index is 1.89. The highest BCUT2D eigenvalue weighted by Crippen LogP contribution is 2.32. The average Bonchev–Trinajstić information content (AvgIpc) is 3.17. The molecule has 4 rings (SSSR count). The molecule has 32 heavy (non-hydrogen) atoms. The van der Waals surface area contributed by atoms with Crippen LogP contribution < -0.4 is 0 Å². The Labute approximate surface area is 184 Å². The van der Waals surface area contributed by atoms with Gasteiger partial charge in [0.15, 0.2) is 0 Å². The molecule has 1 unspecified atom stereocenters. The summed E-state index contributed by atoms with van der Waals surface area (Å²) in [7, 11) is 0. The number of hydrogen-bond donors (Lipinski definition) is 3. The number of hydrogen-bond acceptors (Lipinski definition) is 6. The van der Waals surface area contributed by atoms with Crippen LogP contribution >= 0.6 is 0 Å². The third-order valence-corrected chi connectivity index (χ3v) is 5.27. The lowest BCUT2D eigenvalue weighted by Gasteiger charge is -2.22. The van der Waals surface area contributed by atoms with E-state index in [-0.39, 0.29) is 25.5 Å². The molecular formula is C24H21N3O5. The van der Waals surface area contributed by atoms with Crippen molar-refractivity contribution in [3.63, 3.8) is 0 Å². The third kappa shape index (κ3) is 3.69. The Kier molecular flexibility index (Phi) is 5.88. The molecule has 1 atom stereocenters. The van der Waals surface area contributed by atoms with Crippen LogP contribution in [0.5, 0.6) is 0 Å². The highest BCUT2D eigenvalue weighted by Gasteiger charge is 2.44. The second kappa shape index (κ2) is 8.77. The van der Waals surface area contributed by atoms with Crippen LogP contribution in [0.15, 0.2) is 59.9 Å². The molecule has 1 aliphatic rings. The molecule has 0 saturated carbocycles. The van der Waals surface area contributed by atoms with E-state index in [1.54, 1.807) is 10.6 Å². The van der Waals surface area contributed by atoms with Gasteiger partial charge in [0.2, 0.25) is 5.60 Å². The van der Waals surface area contributed by atoms with E-state index in [0.29, 0.717) is 22.7 Å². The maximum atomic E-state index is 12.0. The van der Waals surface area contributed by atoms with E-state index in [9.17, 15) is 15.0 Å². The molecule has 0 amide bonds. The highest BCUT2D eigenvalue weighted by atomic mass is 16.5. The van der Waals surface area contributed by atoms with Crippen molar-refractivity contribution in [2.45, 2.75) is 12.1 Å². The van der Waals surface area contributed by atoms with Crippen LogP contribution in [-0.4, -0.2) is 56.4 Å². The minimum atomic E-state index is -2.40. The van der Waals surface area contributed by atoms with Gasteiger partial charge in [0, 0.05) is 16.7 Å². The number of imidazole rings is 1. The predicted octanol–water partition coefficient (Wildman–Crippen LogP) is 1.49. The van der Waals surface area contributed by atoms with Gasteiger partial charge in [0.1, 0.15) is 5.69 Å². The van der Waals surface area contributed by atoms with Gasteiger partial charge < -0.3 is 24.6 Å². The van der Waals surface area contributed by atoms with Gasteiger partial charge >= 0.3 is 5.97 Å². The summed E-state index contributed by atoms with van der Waals surface area (Å²) in [4.78, 5) is 21.0. The standard InChI is InChI=1S/C24H21N3O5/c1-2-16-8-9-19-18(12-16)21(17-6-4-3-5-7-17)25-13-20-22(26-15-27(19)20)24(31,23(29)30)14-32-11-10-28/h1,3-9,12,15,28,31H,10-11,13-14H2,(H,29,30). The summed E-state index contributed by atoms with van der Waals surface area (Å²) in [6.07, 6.45) is 7.07. The van der Waals surface area contributed by atoms with E-state index < -0.39 is 18.2 Å². The molecule has 0 spiro atoms. The number of aliphatic hydroxyl groups is 2. The van der Waals surface area contributed by atoms with Gasteiger partial charge in [0.25, 0.3) is 0 Å². The fourth-order valence-electron chi connectivity index (χ4n) is 3.70. The number of benzene rings is 2. The molecule has 3 aromatic rings. The summed E-state index contributed by atoms with van der Waals surface area (Å²) in [5.41, 5.74) is 1.69. The molecule has 3 N–H and O–H groups in total. The number of rotatable bonds is 7. The van der Waals surface area contributed by atoms with Crippen LogP contribution in [0.1, 0.15) is 28.1 Å². The van der Waals surface area contributed by atoms with Crippen molar-refractivity contribution in [1.82, 2.24) is 9.55 Å². The molecule has 2 heterocycles. The van der Waals surface area contributed by atoms with Crippen molar-refractivity contribution < 1.29 is 24.9 Å². The molecule has 0 fully saturated rings. The van der Waals surface area contributed by atoms with Crippen LogP contribution in [0.2, 0.25) is 0 Å². The van der Waals surface area contributed by atoms with E-state index in [1.807, 2.05) is 42.5 Å². The van der Waals surface area contributed by atoms with E-state index >= 15 is 0 Å². The largest absolute Gasteiger partial charge is 0.479 e. The molecule has 1 aromatic heterocycles. The van der Waals surface area contributed by atoms with Crippen LogP contribution in [0.4, 0.5) is 0 Å². The number of carbonyl (C=O) groups is 1. The lowest BCUT2D eigenvalue weighted by atomic mass is 9.98. The number of fused-ring (bicyclic) bond motifs is 3. The topological polar surface area (TPSA) is 117 Å². The summed E-state index contributed by atoms with van der Waals surface area (Å²) in [5, 5.41) is 29.7. The first-order chi connectivity index (χ1) is 15.5. The van der Waals surface area contributed by atoms with Crippen LogP contribution in [0.3, 0.4) is 0 Å². The van der Waals surface area contributed by atoms with Crippen molar-refractivity contribution in [1.29, 1.82) is 0 Å². The summed E-state index contributed by atoms with van der Waals surface area (Å²) in [6.45, 7) is -0.896. The Hall–Kier alpha value is -3.77. The van der Waals surface area contributed by atoms with Crippen molar-refractivity contribution >= 4 is 11.7 Å². The number of terminal acetylenes is 1. The minimum Gasteiger partial charge on any atom is -0.479 e. The summed E-state index contributed by atoms with van der Waals surface area (Å²) in [6, 6.07) is 15.0. The van der Waals surface area contributed by atoms with Gasteiger partial charge in [-0.2, -0.15) is 0 Å². The minimum absolute atomic E-state index is 0.0621. The Bertz CT molecular complexity index is 1230. The maximum absolute atomic E-state index is 12.0. The van der Waals surface area contributed by atoms with E-state index in [4.69, 9.17) is 21.3 Å². The zero-order valence-corrected chi connectivity index (χ0v) is 17.1. The van der Waals surface area contributed by atoms with Gasteiger partial charge in [-0.3, -0.25) is 4.99 Å². The van der Waals surface area contributed by atoms with Crippen molar-refractivity contribution in [2.24, 2.45) is 4.99 Å². The lowest BCUT2D eigenvalue weighted by molar-refractivity contribution is -0.168. The van der Waals surface area contributed by atoms with Gasteiger partial charge in [-0.25, -0.2) is 9.78 Å². The SMILES string of the molecule is C#Cc1ccc2c(c1)C(c1ccccc1)=NCc1c(C(O)(COCCO)C(=O)O)ncn1-2. The monoisotopic (exact) mass is 431 g/mol. The second-order valence-corrected chi connectivity index (χ2v) is 7.26. The fraction of sp³-hybridized carbons (Fsp3) is 0.208. The number of aromatic nitrogens is 2. The number of carboxylic acid groups (broad SMARTS) is 1. The quantitative estimate of drug-likeness (QED) is 0.385. The number of aliphatic carboxylic acids is 1. The second-order valence-electron chi connectivity index (χ2n) is 7.26. The van der Waals surface area contributed by atoms with Gasteiger partial charge in [-0.15, -0.1) is 6.42 Å². The molecule has 2 aromatic carbocycles. The number of aliphatic imine (C=N–C) groups is 1. The van der Waals surface area contributed by atoms with Gasteiger partial charge in [-0.05, 0) is 18.2 Å². The lowest BCUT2D eigenvalue weighted by Crippen LogP contribution is -2.42. The fourth-order valence-corrected chi connectivity index (χ4v) is 3.70. The normalized spacial score (nSPS) is 14.3. The first kappa shape index (κ1) is 21.5. The maximum Gasteiger partial charge on any atom is 0.344 e. The molecule has 0 bridgehead atoms. The zero-order valence-electron chi connectivity index (χ0n) is 17.1. The van der Waals surface area contributed by atoms with E-state index in [0.717, 1.165) is 11.1 Å². The Morgan fingerprint density at radius 1 is 1.25 bits per heavy atom. The molecule has 0 saturated heterocycles. The van der Waals surface area contributed by atoms with Crippen molar-refractivity contribution in [3.8, 4) is 18.0 Å². The molecular weight excluding hydrogens is 410 g/mol. The van der Waals surface area contributed by atoms with Crippen molar-refractivity contribution in [2.75, 3.05) is 19.8 Å². The number of ether oxygens (including phenoxy) is 1. The van der Waals surface area contributed by atoms with Crippen LogP contribution in [-0.2, 0) is 21.7 Å². The molecule has 8 nitrogen and oxygen atoms in total. The van der Waals surface area contributed by atoms with Crippen LogP contribution in [0.25, 0.3) is 5.69 Å². The third-order valence-electron chi connectivity index (χ3n) is 5.27. The summed E-state index contributed by atoms with van der Waals surface area (Å²) < 4.78 is 6.87. The first-order valence-electron chi connectivity index (χ1n) is 9.92. The molecule has 8 heteroatoms. The summed E-state index contributed by atoms with van der Waals surface area (Å²) >= 11 is 0. The van der Waals surface area contributed by atoms with E-state index in [1.165, 1.54) is 6.33 Å². The average molecular weight is 431 g/mol. The molecule has 0 radical (unpaired) electrons. The van der Waals surface area contributed by atoms with Crippen molar-refractivity contribution in [3.05, 3.63) is 82.9 Å². The smallest absolute Gasteiger partial charge is 0.344 e. The predicted molar refractivity (Wildman–Crippen MR) is 117 cm³/mol. The number of aliphatic hydroxyl groups excluding tert-OH is 1. The van der Waals surface area contributed by atoms with E-state index in [2.05, 4.69) is 10.9 Å². The highest BCUT2D eigenvalue weighted by molar-refractivity contribution is 6.15. The molecule has 0 aliphatic carbocycles. The Morgan fingerprint density at radius 2 is 2.03 bits per heavy atom. The number of carboxylic acids is 1. The zero-order chi connectivity index (χ0) is 22.7. The molecule has 1 aliphatic heterocycles. The molecule has 162 valence electrons. The number of nitrogens with zero attached hydrogens (tertiary/aromatic N) is 3. The van der Waals surface area contributed by atoms with Gasteiger partial charge in [0.05, 0.1) is 49.8 Å². The summed E-state index contributed by atoms with van der Waals surface area (Å²) in [5.74, 6) is 1.13. The van der Waals surface area contributed by atoms with Gasteiger partial charge in [-0.1, -0.05) is 36.3 Å². The first-order valence-corrected chi connectivity index (χ1v) is 9.92.